The molecule has 0 saturated carbocycles. The van der Waals surface area contributed by atoms with E-state index in [1.165, 1.54) is 7.11 Å². The maximum atomic E-state index is 12.7. The Morgan fingerprint density at radius 2 is 2.05 bits per heavy atom. The van der Waals surface area contributed by atoms with Gasteiger partial charge in [0.2, 0.25) is 0 Å². The van der Waals surface area contributed by atoms with Crippen molar-refractivity contribution in [1.82, 2.24) is 0 Å². The molecule has 1 amide bonds. The van der Waals surface area contributed by atoms with E-state index in [1.807, 2.05) is 6.92 Å². The second-order valence-corrected chi connectivity index (χ2v) is 4.53. The second-order valence-electron chi connectivity index (χ2n) is 4.53. The van der Waals surface area contributed by atoms with Crippen molar-refractivity contribution in [2.45, 2.75) is 6.92 Å². The molecule has 2 aromatic carbocycles. The Kier molecular flexibility index (Phi) is 4.33. The molecule has 5 heteroatoms. The molecular weight excluding hydrogens is 268 g/mol. The van der Waals surface area contributed by atoms with Gasteiger partial charge in [0.25, 0.3) is 5.91 Å². The first kappa shape index (κ1) is 14.7. The average Bonchev–Trinajstić information content (AvgIpc) is 2.48. The first-order valence-corrected chi connectivity index (χ1v) is 6.61. The smallest absolute Gasteiger partial charge is 0.262 e. The van der Waals surface area contributed by atoms with Crippen LogP contribution < -0.4 is 15.4 Å². The summed E-state index contributed by atoms with van der Waals surface area (Å²) in [5, 5.41) is 9.57. The Morgan fingerprint density at radius 3 is 2.67 bits per heavy atom. The minimum atomic E-state index is -0.229. The molecule has 0 aromatic heterocycles. The summed E-state index contributed by atoms with van der Waals surface area (Å²) in [6, 6.07) is 11.5. The number of amides is 1. The number of carbonyl (C=O) groups excluding carboxylic acids is 1. The van der Waals surface area contributed by atoms with Crippen LogP contribution >= 0.6 is 0 Å². The number of nitrogen functional groups attached to an aromatic ring is 1. The van der Waals surface area contributed by atoms with Crippen LogP contribution in [-0.2, 0) is 0 Å². The molecule has 0 aliphatic heterocycles. The number of phenols is 1. The number of rotatable bonds is 4. The largest absolute Gasteiger partial charge is 0.508 e. The maximum absolute atomic E-state index is 12.7. The third kappa shape index (κ3) is 3.08. The monoisotopic (exact) mass is 286 g/mol. The van der Waals surface area contributed by atoms with E-state index in [2.05, 4.69) is 0 Å². The Balaban J connectivity index is 2.43. The van der Waals surface area contributed by atoms with E-state index in [4.69, 9.17) is 10.5 Å². The van der Waals surface area contributed by atoms with Crippen LogP contribution in [0.3, 0.4) is 0 Å². The summed E-state index contributed by atoms with van der Waals surface area (Å²) in [7, 11) is 1.51. The number of carbonyl (C=O) groups is 1. The average molecular weight is 286 g/mol. The van der Waals surface area contributed by atoms with Gasteiger partial charge >= 0.3 is 0 Å². The molecular formula is C16H18N2O3. The summed E-state index contributed by atoms with van der Waals surface area (Å²) in [4.78, 5) is 14.3. The van der Waals surface area contributed by atoms with Crippen LogP contribution in [-0.4, -0.2) is 24.7 Å². The summed E-state index contributed by atoms with van der Waals surface area (Å²) >= 11 is 0. The van der Waals surface area contributed by atoms with Gasteiger partial charge in [0.05, 0.1) is 12.7 Å². The number of nitrogens with two attached hydrogens (primary N) is 1. The molecule has 0 aliphatic rings. The summed E-state index contributed by atoms with van der Waals surface area (Å²) in [5.74, 6) is 0.346. The van der Waals surface area contributed by atoms with Crippen LogP contribution in [0.15, 0.2) is 42.5 Å². The third-order valence-electron chi connectivity index (χ3n) is 3.16. The lowest BCUT2D eigenvalue weighted by Gasteiger charge is -2.22. The predicted molar refractivity (Wildman–Crippen MR) is 82.9 cm³/mol. The van der Waals surface area contributed by atoms with E-state index in [9.17, 15) is 9.90 Å². The predicted octanol–water partition coefficient (Wildman–Crippen LogP) is 2.65. The summed E-state index contributed by atoms with van der Waals surface area (Å²) in [6.07, 6.45) is 0. The zero-order valence-corrected chi connectivity index (χ0v) is 12.0. The minimum Gasteiger partial charge on any atom is -0.508 e. The van der Waals surface area contributed by atoms with Gasteiger partial charge in [-0.1, -0.05) is 6.07 Å². The lowest BCUT2D eigenvalue weighted by Crippen LogP contribution is -2.31. The fourth-order valence-corrected chi connectivity index (χ4v) is 2.14. The van der Waals surface area contributed by atoms with Gasteiger partial charge in [-0.3, -0.25) is 4.79 Å². The van der Waals surface area contributed by atoms with Gasteiger partial charge in [0.15, 0.2) is 0 Å². The van der Waals surface area contributed by atoms with E-state index >= 15 is 0 Å². The van der Waals surface area contributed by atoms with Crippen LogP contribution in [0.4, 0.5) is 11.4 Å². The van der Waals surface area contributed by atoms with Crippen molar-refractivity contribution in [3.05, 3.63) is 48.0 Å². The Bertz CT molecular complexity index is 656. The van der Waals surface area contributed by atoms with Crippen LogP contribution in [0.5, 0.6) is 11.5 Å². The van der Waals surface area contributed by atoms with Gasteiger partial charge in [0, 0.05) is 24.0 Å². The lowest BCUT2D eigenvalue weighted by molar-refractivity contribution is 0.0985. The highest BCUT2D eigenvalue weighted by molar-refractivity contribution is 6.08. The zero-order chi connectivity index (χ0) is 15.4. The van der Waals surface area contributed by atoms with Crippen molar-refractivity contribution in [2.24, 2.45) is 0 Å². The number of benzene rings is 2. The van der Waals surface area contributed by atoms with E-state index < -0.39 is 0 Å². The van der Waals surface area contributed by atoms with Gasteiger partial charge in [-0.05, 0) is 37.3 Å². The van der Waals surface area contributed by atoms with Crippen molar-refractivity contribution in [3.63, 3.8) is 0 Å². The van der Waals surface area contributed by atoms with Gasteiger partial charge in [-0.2, -0.15) is 0 Å². The number of phenolic OH excluding ortho intramolecular Hbond substituents is 1. The number of hydrogen-bond donors (Lipinski definition) is 2. The summed E-state index contributed by atoms with van der Waals surface area (Å²) in [5.41, 5.74) is 7.26. The van der Waals surface area contributed by atoms with Gasteiger partial charge in [-0.25, -0.2) is 0 Å². The molecule has 0 bridgehead atoms. The van der Waals surface area contributed by atoms with Crippen molar-refractivity contribution in [1.29, 1.82) is 0 Å². The van der Waals surface area contributed by atoms with Crippen molar-refractivity contribution < 1.29 is 14.6 Å². The van der Waals surface area contributed by atoms with Crippen LogP contribution in [0.1, 0.15) is 17.3 Å². The van der Waals surface area contributed by atoms with E-state index in [0.717, 1.165) is 0 Å². The number of nitrogens with zero attached hydrogens (tertiary/aromatic N) is 1. The standard InChI is InChI=1S/C16H18N2O3/c1-3-18(12-5-4-6-13(19)10-12)16(20)14-9-11(17)7-8-15(14)21-2/h4-10,19H,3,17H2,1-2H3. The highest BCUT2D eigenvalue weighted by Gasteiger charge is 2.20. The quantitative estimate of drug-likeness (QED) is 0.847. The molecule has 0 heterocycles. The number of ether oxygens (including phenoxy) is 1. The molecule has 0 spiro atoms. The topological polar surface area (TPSA) is 75.8 Å². The number of hydrogen-bond acceptors (Lipinski definition) is 4. The maximum Gasteiger partial charge on any atom is 0.262 e. The van der Waals surface area contributed by atoms with Gasteiger partial charge in [-0.15, -0.1) is 0 Å². The van der Waals surface area contributed by atoms with Crippen LogP contribution in [0, 0.1) is 0 Å². The molecule has 0 unspecified atom stereocenters. The Labute approximate surface area is 123 Å². The first-order chi connectivity index (χ1) is 10.1. The molecule has 21 heavy (non-hydrogen) atoms. The molecule has 0 saturated heterocycles. The minimum absolute atomic E-state index is 0.110. The first-order valence-electron chi connectivity index (χ1n) is 6.61. The number of aromatic hydroxyl groups is 1. The SMILES string of the molecule is CCN(C(=O)c1cc(N)ccc1OC)c1cccc(O)c1. The van der Waals surface area contributed by atoms with Gasteiger partial charge in [0.1, 0.15) is 11.5 Å². The molecule has 0 atom stereocenters. The van der Waals surface area contributed by atoms with E-state index in [0.29, 0.717) is 29.2 Å². The van der Waals surface area contributed by atoms with Crippen molar-refractivity contribution >= 4 is 17.3 Å². The highest BCUT2D eigenvalue weighted by atomic mass is 16.5. The Morgan fingerprint density at radius 1 is 1.29 bits per heavy atom. The fraction of sp³-hybridized carbons (Fsp3) is 0.188. The van der Waals surface area contributed by atoms with Crippen molar-refractivity contribution in [2.75, 3.05) is 24.3 Å². The second kappa shape index (κ2) is 6.17. The lowest BCUT2D eigenvalue weighted by atomic mass is 10.1. The number of methoxy groups -OCH3 is 1. The fourth-order valence-electron chi connectivity index (χ4n) is 2.14. The van der Waals surface area contributed by atoms with E-state index in [-0.39, 0.29) is 11.7 Å². The molecule has 2 rings (SSSR count). The zero-order valence-electron chi connectivity index (χ0n) is 12.0. The van der Waals surface area contributed by atoms with Gasteiger partial charge < -0.3 is 20.5 Å². The van der Waals surface area contributed by atoms with Crippen LogP contribution in [0.2, 0.25) is 0 Å². The van der Waals surface area contributed by atoms with Crippen molar-refractivity contribution in [3.8, 4) is 11.5 Å². The molecule has 3 N–H and O–H groups in total. The number of anilines is 2. The molecule has 2 aromatic rings. The molecule has 5 nitrogen and oxygen atoms in total. The molecule has 110 valence electrons. The molecule has 0 aliphatic carbocycles. The van der Waals surface area contributed by atoms with E-state index in [1.54, 1.807) is 47.4 Å². The third-order valence-corrected chi connectivity index (χ3v) is 3.16. The summed E-state index contributed by atoms with van der Waals surface area (Å²) < 4.78 is 5.22. The van der Waals surface area contributed by atoms with Crippen LogP contribution in [0.25, 0.3) is 0 Å². The Hall–Kier alpha value is -2.69. The normalized spacial score (nSPS) is 10.2. The summed E-state index contributed by atoms with van der Waals surface area (Å²) in [6.45, 7) is 2.32. The molecule has 0 fully saturated rings. The highest BCUT2D eigenvalue weighted by Crippen LogP contribution is 2.26. The molecule has 0 radical (unpaired) electrons.